The van der Waals surface area contributed by atoms with E-state index in [9.17, 15) is 0 Å². The molecule has 0 aliphatic heterocycles. The van der Waals surface area contributed by atoms with Crippen molar-refractivity contribution in [1.29, 1.82) is 0 Å². The van der Waals surface area contributed by atoms with Gasteiger partial charge in [0, 0.05) is 13.2 Å². The molecule has 0 aromatic carbocycles. The van der Waals surface area contributed by atoms with Crippen LogP contribution in [0.4, 0.5) is 0 Å². The fourth-order valence-corrected chi connectivity index (χ4v) is 3.18. The van der Waals surface area contributed by atoms with Crippen molar-refractivity contribution in [1.82, 2.24) is 15.1 Å². The lowest BCUT2D eigenvalue weighted by Gasteiger charge is -2.19. The Kier molecular flexibility index (Phi) is 5.24. The third kappa shape index (κ3) is 3.84. The number of hydrogen-bond donors (Lipinski definition) is 1. The first-order chi connectivity index (χ1) is 8.79. The molecule has 1 aromatic heterocycles. The highest BCUT2D eigenvalue weighted by molar-refractivity contribution is 5.04. The molecular weight excluding hydrogens is 222 g/mol. The van der Waals surface area contributed by atoms with E-state index in [1.807, 2.05) is 17.9 Å². The number of aryl methyl sites for hydroxylation is 2. The Hall–Kier alpha value is -0.830. The number of hydrogen-bond acceptors (Lipinski definition) is 2. The van der Waals surface area contributed by atoms with Crippen molar-refractivity contribution in [2.45, 2.75) is 45.4 Å². The van der Waals surface area contributed by atoms with Gasteiger partial charge in [0.2, 0.25) is 0 Å². The van der Waals surface area contributed by atoms with Gasteiger partial charge in [0.1, 0.15) is 0 Å². The number of aromatic nitrogens is 2. The van der Waals surface area contributed by atoms with Crippen LogP contribution in [0.3, 0.4) is 0 Å². The summed E-state index contributed by atoms with van der Waals surface area (Å²) in [5.41, 5.74) is 1.39. The first kappa shape index (κ1) is 13.6. The fraction of sp³-hybridized carbons (Fsp3) is 0.800. The molecule has 3 heteroatoms. The van der Waals surface area contributed by atoms with Gasteiger partial charge < -0.3 is 5.32 Å². The number of nitrogens with one attached hydrogen (secondary N) is 1. The molecule has 0 amide bonds. The van der Waals surface area contributed by atoms with E-state index in [2.05, 4.69) is 23.5 Å². The molecule has 1 aliphatic carbocycles. The van der Waals surface area contributed by atoms with Crippen LogP contribution in [0.15, 0.2) is 12.4 Å². The van der Waals surface area contributed by atoms with Gasteiger partial charge in [0.25, 0.3) is 0 Å². The molecule has 0 spiro atoms. The van der Waals surface area contributed by atoms with Gasteiger partial charge in [0.15, 0.2) is 0 Å². The van der Waals surface area contributed by atoms with E-state index in [0.717, 1.165) is 11.8 Å². The van der Waals surface area contributed by atoms with E-state index in [0.29, 0.717) is 0 Å². The zero-order valence-electron chi connectivity index (χ0n) is 11.9. The van der Waals surface area contributed by atoms with Crippen LogP contribution in [-0.4, -0.2) is 22.9 Å². The topological polar surface area (TPSA) is 29.9 Å². The largest absolute Gasteiger partial charge is 0.316 e. The van der Waals surface area contributed by atoms with Crippen molar-refractivity contribution >= 4 is 0 Å². The van der Waals surface area contributed by atoms with Crippen LogP contribution < -0.4 is 5.32 Å². The summed E-state index contributed by atoms with van der Waals surface area (Å²) in [5.74, 6) is 1.84. The van der Waals surface area contributed by atoms with E-state index >= 15 is 0 Å². The highest BCUT2D eigenvalue weighted by atomic mass is 15.2. The molecule has 1 aromatic rings. The third-order valence-corrected chi connectivity index (χ3v) is 4.21. The molecule has 1 fully saturated rings. The molecule has 2 unspecified atom stereocenters. The maximum Gasteiger partial charge on any atom is 0.0521 e. The lowest BCUT2D eigenvalue weighted by Crippen LogP contribution is -2.26. The Morgan fingerprint density at radius 1 is 1.39 bits per heavy atom. The third-order valence-electron chi connectivity index (χ3n) is 4.21. The molecule has 2 rings (SSSR count). The van der Waals surface area contributed by atoms with Crippen LogP contribution in [0.25, 0.3) is 0 Å². The Balaban J connectivity index is 1.73. The summed E-state index contributed by atoms with van der Waals surface area (Å²) in [6.07, 6.45) is 12.2. The summed E-state index contributed by atoms with van der Waals surface area (Å²) >= 11 is 0. The SMILES string of the molecule is CCCNCC1CCCC1CCc1cnn(C)c1. The van der Waals surface area contributed by atoms with E-state index < -0.39 is 0 Å². The summed E-state index contributed by atoms with van der Waals surface area (Å²) < 4.78 is 1.91. The van der Waals surface area contributed by atoms with Gasteiger partial charge in [0.05, 0.1) is 6.20 Å². The quantitative estimate of drug-likeness (QED) is 0.753. The van der Waals surface area contributed by atoms with Crippen molar-refractivity contribution in [2.75, 3.05) is 13.1 Å². The van der Waals surface area contributed by atoms with Gasteiger partial charge in [-0.15, -0.1) is 0 Å². The molecule has 0 saturated heterocycles. The molecular formula is C15H27N3. The highest BCUT2D eigenvalue weighted by Crippen LogP contribution is 2.34. The second kappa shape index (κ2) is 6.93. The Labute approximate surface area is 111 Å². The second-order valence-electron chi connectivity index (χ2n) is 5.72. The minimum absolute atomic E-state index is 0.910. The van der Waals surface area contributed by atoms with Crippen LogP contribution in [0, 0.1) is 11.8 Å². The molecule has 3 nitrogen and oxygen atoms in total. The second-order valence-corrected chi connectivity index (χ2v) is 5.72. The van der Waals surface area contributed by atoms with Crippen molar-refractivity contribution in [3.8, 4) is 0 Å². The summed E-state index contributed by atoms with van der Waals surface area (Å²) in [7, 11) is 2.00. The Morgan fingerprint density at radius 3 is 2.94 bits per heavy atom. The molecule has 1 saturated carbocycles. The first-order valence-electron chi connectivity index (χ1n) is 7.48. The molecule has 0 bridgehead atoms. The van der Waals surface area contributed by atoms with E-state index in [1.165, 1.54) is 57.2 Å². The highest BCUT2D eigenvalue weighted by Gasteiger charge is 2.26. The average Bonchev–Trinajstić information content (AvgIpc) is 2.96. The van der Waals surface area contributed by atoms with Gasteiger partial charge in [-0.25, -0.2) is 0 Å². The van der Waals surface area contributed by atoms with Crippen LogP contribution in [0.1, 0.15) is 44.6 Å². The average molecular weight is 249 g/mol. The maximum absolute atomic E-state index is 4.25. The molecule has 18 heavy (non-hydrogen) atoms. The minimum Gasteiger partial charge on any atom is -0.316 e. The molecule has 1 heterocycles. The lowest BCUT2D eigenvalue weighted by molar-refractivity contribution is 0.348. The van der Waals surface area contributed by atoms with Crippen LogP contribution in [-0.2, 0) is 13.5 Å². The van der Waals surface area contributed by atoms with E-state index in [4.69, 9.17) is 0 Å². The molecule has 102 valence electrons. The smallest absolute Gasteiger partial charge is 0.0521 e. The molecule has 2 atom stereocenters. The summed E-state index contributed by atoms with van der Waals surface area (Å²) in [5, 5.41) is 7.84. The summed E-state index contributed by atoms with van der Waals surface area (Å²) in [6.45, 7) is 4.64. The zero-order chi connectivity index (χ0) is 12.8. The normalized spacial score (nSPS) is 23.7. The van der Waals surface area contributed by atoms with E-state index in [-0.39, 0.29) is 0 Å². The summed E-state index contributed by atoms with van der Waals surface area (Å²) in [4.78, 5) is 0. The minimum atomic E-state index is 0.910. The molecule has 0 radical (unpaired) electrons. The van der Waals surface area contributed by atoms with Crippen molar-refractivity contribution < 1.29 is 0 Å². The van der Waals surface area contributed by atoms with Crippen LogP contribution >= 0.6 is 0 Å². The van der Waals surface area contributed by atoms with Crippen molar-refractivity contribution in [2.24, 2.45) is 18.9 Å². The number of nitrogens with zero attached hydrogens (tertiary/aromatic N) is 2. The monoisotopic (exact) mass is 249 g/mol. The Morgan fingerprint density at radius 2 is 2.22 bits per heavy atom. The van der Waals surface area contributed by atoms with Gasteiger partial charge in [-0.2, -0.15) is 5.10 Å². The van der Waals surface area contributed by atoms with Gasteiger partial charge >= 0.3 is 0 Å². The van der Waals surface area contributed by atoms with Crippen LogP contribution in [0.5, 0.6) is 0 Å². The van der Waals surface area contributed by atoms with Gasteiger partial charge in [-0.1, -0.05) is 19.8 Å². The zero-order valence-corrected chi connectivity index (χ0v) is 11.9. The summed E-state index contributed by atoms with van der Waals surface area (Å²) in [6, 6.07) is 0. The van der Waals surface area contributed by atoms with Crippen molar-refractivity contribution in [3.05, 3.63) is 18.0 Å². The predicted molar refractivity (Wildman–Crippen MR) is 75.5 cm³/mol. The number of rotatable bonds is 7. The van der Waals surface area contributed by atoms with Crippen LogP contribution in [0.2, 0.25) is 0 Å². The predicted octanol–water partition coefficient (Wildman–Crippen LogP) is 2.77. The Bertz CT molecular complexity index is 345. The lowest BCUT2D eigenvalue weighted by atomic mass is 9.90. The van der Waals surface area contributed by atoms with Gasteiger partial charge in [-0.05, 0) is 56.2 Å². The maximum atomic E-state index is 4.25. The molecule has 1 aliphatic rings. The van der Waals surface area contributed by atoms with E-state index in [1.54, 1.807) is 0 Å². The standard InChI is InChI=1S/C15H27N3/c1-3-9-16-11-15-6-4-5-14(15)8-7-13-10-17-18(2)12-13/h10,12,14-16H,3-9,11H2,1-2H3. The molecule has 1 N–H and O–H groups in total. The van der Waals surface area contributed by atoms with Crippen molar-refractivity contribution in [3.63, 3.8) is 0 Å². The first-order valence-corrected chi connectivity index (χ1v) is 7.48. The fourth-order valence-electron chi connectivity index (χ4n) is 3.18. The van der Waals surface area contributed by atoms with Gasteiger partial charge in [-0.3, -0.25) is 4.68 Å².